The predicted molar refractivity (Wildman–Crippen MR) is 132 cm³/mol. The van der Waals surface area contributed by atoms with Crippen molar-refractivity contribution >= 4 is 52.6 Å². The van der Waals surface area contributed by atoms with E-state index in [1.165, 1.54) is 12.1 Å². The zero-order valence-corrected chi connectivity index (χ0v) is 21.6. The number of carbonyl (C=O) groups excluding carboxylic acids is 1. The molecule has 1 fully saturated rings. The van der Waals surface area contributed by atoms with Crippen molar-refractivity contribution in [1.82, 2.24) is 15.3 Å². The van der Waals surface area contributed by atoms with Gasteiger partial charge in [-0.15, -0.1) is 0 Å². The zero-order chi connectivity index (χ0) is 29.1. The molecule has 1 aliphatic carbocycles. The highest BCUT2D eigenvalue weighted by Gasteiger charge is 2.38. The molecule has 0 saturated heterocycles. The van der Waals surface area contributed by atoms with E-state index < -0.39 is 23.9 Å². The molecule has 2 aromatic carbocycles. The van der Waals surface area contributed by atoms with Crippen LogP contribution >= 0.6 is 34.8 Å². The number of carboxylic acids is 1. The van der Waals surface area contributed by atoms with Crippen molar-refractivity contribution in [3.63, 3.8) is 0 Å². The summed E-state index contributed by atoms with van der Waals surface area (Å²) in [7, 11) is 0. The molecule has 1 heterocycles. The molecule has 1 aromatic heterocycles. The summed E-state index contributed by atoms with van der Waals surface area (Å²) in [6.45, 7) is -0.194. The highest BCUT2D eigenvalue weighted by molar-refractivity contribution is 6.34. The minimum Gasteiger partial charge on any atom is -0.475 e. The highest BCUT2D eigenvalue weighted by atomic mass is 35.5. The fraction of sp³-hybridized carbons (Fsp3) is 0.217. The van der Waals surface area contributed by atoms with Gasteiger partial charge in [0.15, 0.2) is 23.2 Å². The molecule has 0 bridgehead atoms. The number of nitrogens with one attached hydrogen (secondary N) is 2. The number of hydrogen-bond donors (Lipinski definition) is 4. The Labute approximate surface area is 232 Å². The Kier molecular flexibility index (Phi) is 9.16. The van der Waals surface area contributed by atoms with Crippen LogP contribution in [0, 0.1) is 17.1 Å². The van der Waals surface area contributed by atoms with Gasteiger partial charge < -0.3 is 25.9 Å². The number of nitrogen functional groups attached to an aromatic ring is 1. The third-order valence-corrected chi connectivity index (χ3v) is 6.11. The Balaban J connectivity index is 0.000000532. The summed E-state index contributed by atoms with van der Waals surface area (Å²) in [5, 5.41) is 19.1. The van der Waals surface area contributed by atoms with E-state index in [2.05, 4.69) is 15.3 Å². The molecule has 1 aliphatic rings. The summed E-state index contributed by atoms with van der Waals surface area (Å²) in [6.07, 6.45) is -3.08. The number of nitriles is 1. The molecule has 0 atom stereocenters. The van der Waals surface area contributed by atoms with E-state index in [-0.39, 0.29) is 56.0 Å². The van der Waals surface area contributed by atoms with Crippen LogP contribution in [0.1, 0.15) is 45.9 Å². The maximum absolute atomic E-state index is 15.2. The van der Waals surface area contributed by atoms with Crippen molar-refractivity contribution in [2.45, 2.75) is 31.5 Å². The van der Waals surface area contributed by atoms with Gasteiger partial charge in [0.1, 0.15) is 22.0 Å². The Hall–Kier alpha value is -3.73. The van der Waals surface area contributed by atoms with E-state index in [9.17, 15) is 23.2 Å². The van der Waals surface area contributed by atoms with Crippen molar-refractivity contribution in [2.75, 3.05) is 5.73 Å². The first-order valence-electron chi connectivity index (χ1n) is 10.7. The number of nitrogens with zero attached hydrogens (tertiary/aromatic N) is 2. The topological polar surface area (TPSA) is 154 Å². The number of aromatic nitrogens is 2. The van der Waals surface area contributed by atoms with Gasteiger partial charge in [-0.3, -0.25) is 4.79 Å². The number of aliphatic carboxylic acids is 1. The lowest BCUT2D eigenvalue weighted by atomic mass is 10.1. The van der Waals surface area contributed by atoms with Gasteiger partial charge in [-0.25, -0.2) is 14.2 Å². The fourth-order valence-corrected chi connectivity index (χ4v) is 3.72. The van der Waals surface area contributed by atoms with E-state index >= 15 is 4.39 Å². The number of anilines is 1. The van der Waals surface area contributed by atoms with E-state index in [1.807, 2.05) is 6.07 Å². The molecule has 39 heavy (non-hydrogen) atoms. The van der Waals surface area contributed by atoms with Crippen LogP contribution in [0.25, 0.3) is 0 Å². The van der Waals surface area contributed by atoms with Crippen molar-refractivity contribution in [3.8, 4) is 17.6 Å². The quantitative estimate of drug-likeness (QED) is 0.243. The van der Waals surface area contributed by atoms with E-state index in [0.717, 1.165) is 18.4 Å². The Morgan fingerprint density at radius 3 is 2.41 bits per heavy atom. The van der Waals surface area contributed by atoms with Gasteiger partial charge in [-0.1, -0.05) is 40.9 Å². The molecule has 0 aliphatic heterocycles. The number of hydrogen-bond acceptors (Lipinski definition) is 6. The molecule has 1 amide bonds. The number of nitrogens with two attached hydrogens (primary N) is 1. The number of H-pyrrole nitrogens is 1. The monoisotopic (exact) mass is 607 g/mol. The van der Waals surface area contributed by atoms with Crippen LogP contribution in [0.5, 0.6) is 11.5 Å². The maximum atomic E-state index is 15.2. The Morgan fingerprint density at radius 2 is 1.90 bits per heavy atom. The number of benzene rings is 2. The van der Waals surface area contributed by atoms with E-state index in [1.54, 1.807) is 12.1 Å². The van der Waals surface area contributed by atoms with Crippen molar-refractivity contribution in [3.05, 3.63) is 67.7 Å². The van der Waals surface area contributed by atoms with Gasteiger partial charge in [0.25, 0.3) is 5.91 Å². The van der Waals surface area contributed by atoms with Crippen LogP contribution in [0.4, 0.5) is 23.5 Å². The summed E-state index contributed by atoms with van der Waals surface area (Å²) in [5.74, 6) is -4.00. The summed E-state index contributed by atoms with van der Waals surface area (Å²) >= 11 is 18.3. The standard InChI is InChI=1S/C21H15Cl3FN5O2.C2HF3O2/c22-13-4-3-10(8-28-20(31)17-19(24)30-21(27)29-17)16(25)18(13)32-14-6-11(9-1-2-9)5-12(7-26)15(14)23;3-2(4,5)1(6)7/h3-6,9H,1-2,8H2,(H,28,31)(H3,27,29,30);(H,6,7). The molecule has 206 valence electrons. The van der Waals surface area contributed by atoms with Gasteiger partial charge in [0, 0.05) is 12.1 Å². The summed E-state index contributed by atoms with van der Waals surface area (Å²) in [6, 6.07) is 8.27. The lowest BCUT2D eigenvalue weighted by Gasteiger charge is -2.15. The third kappa shape index (κ3) is 7.44. The minimum atomic E-state index is -5.08. The van der Waals surface area contributed by atoms with Crippen molar-refractivity contribution < 1.29 is 37.0 Å². The minimum absolute atomic E-state index is 0.00657. The molecule has 1 saturated carbocycles. The van der Waals surface area contributed by atoms with Crippen molar-refractivity contribution in [2.24, 2.45) is 0 Å². The smallest absolute Gasteiger partial charge is 0.475 e. The largest absolute Gasteiger partial charge is 0.490 e. The number of carboxylic acid groups (broad SMARTS) is 1. The number of amides is 1. The normalized spacial score (nSPS) is 12.7. The van der Waals surface area contributed by atoms with E-state index in [4.69, 9.17) is 55.2 Å². The van der Waals surface area contributed by atoms with Crippen LogP contribution in [0.3, 0.4) is 0 Å². The predicted octanol–water partition coefficient (Wildman–Crippen LogP) is 6.20. The van der Waals surface area contributed by atoms with E-state index in [0.29, 0.717) is 5.92 Å². The average Bonchev–Trinajstić information content (AvgIpc) is 3.65. The number of aromatic amines is 1. The lowest BCUT2D eigenvalue weighted by molar-refractivity contribution is -0.192. The number of rotatable bonds is 6. The summed E-state index contributed by atoms with van der Waals surface area (Å²) < 4.78 is 52.7. The Bertz CT molecular complexity index is 1470. The molecule has 16 heteroatoms. The molecule has 3 aromatic rings. The van der Waals surface area contributed by atoms with Gasteiger partial charge >= 0.3 is 12.1 Å². The summed E-state index contributed by atoms with van der Waals surface area (Å²) in [5.41, 5.74) is 6.60. The molecule has 0 unspecified atom stereocenters. The van der Waals surface area contributed by atoms with Crippen LogP contribution in [-0.2, 0) is 11.3 Å². The molecule has 4 rings (SSSR count). The Morgan fingerprint density at radius 1 is 1.26 bits per heavy atom. The second-order valence-corrected chi connectivity index (χ2v) is 9.15. The highest BCUT2D eigenvalue weighted by Crippen LogP contribution is 2.45. The summed E-state index contributed by atoms with van der Waals surface area (Å²) in [4.78, 5) is 27.4. The molecule has 5 N–H and O–H groups in total. The fourth-order valence-electron chi connectivity index (χ4n) is 3.12. The first kappa shape index (κ1) is 29.8. The van der Waals surface area contributed by atoms with Gasteiger partial charge in [0.05, 0.1) is 10.6 Å². The second-order valence-electron chi connectivity index (χ2n) is 7.99. The maximum Gasteiger partial charge on any atom is 0.490 e. The van der Waals surface area contributed by atoms with Gasteiger partial charge in [0.2, 0.25) is 0 Å². The first-order chi connectivity index (χ1) is 18.2. The average molecular weight is 609 g/mol. The second kappa shape index (κ2) is 12.0. The third-order valence-electron chi connectivity index (χ3n) is 5.15. The molecule has 0 spiro atoms. The zero-order valence-electron chi connectivity index (χ0n) is 19.3. The van der Waals surface area contributed by atoms with Crippen molar-refractivity contribution in [1.29, 1.82) is 5.26 Å². The lowest BCUT2D eigenvalue weighted by Crippen LogP contribution is -2.24. The molecular weight excluding hydrogens is 593 g/mol. The number of imidazole rings is 1. The number of halogens is 7. The first-order valence-corrected chi connectivity index (χ1v) is 11.8. The van der Waals surface area contributed by atoms with Crippen LogP contribution in [-0.4, -0.2) is 33.1 Å². The van der Waals surface area contributed by atoms with Crippen LogP contribution < -0.4 is 15.8 Å². The van der Waals surface area contributed by atoms with Gasteiger partial charge in [-0.2, -0.15) is 18.4 Å². The molecular formula is C23H16Cl3F4N5O4. The SMILES string of the molecule is N#Cc1cc(C2CC2)cc(Oc2c(Cl)ccc(CNC(=O)c3nc(N)[nH]c3Cl)c2F)c1Cl.O=C(O)C(F)(F)F. The van der Waals surface area contributed by atoms with Gasteiger partial charge in [-0.05, 0) is 42.5 Å². The van der Waals surface area contributed by atoms with Crippen LogP contribution in [0.15, 0.2) is 24.3 Å². The molecule has 9 nitrogen and oxygen atoms in total. The number of alkyl halides is 3. The van der Waals surface area contributed by atoms with Crippen LogP contribution in [0.2, 0.25) is 15.2 Å². The number of ether oxygens (including phenoxy) is 1. The number of carbonyl (C=O) groups is 2. The molecule has 0 radical (unpaired) electrons.